The van der Waals surface area contributed by atoms with Crippen molar-refractivity contribution < 1.29 is 22.5 Å². The molecule has 0 fully saturated rings. The van der Waals surface area contributed by atoms with Crippen LogP contribution in [0.25, 0.3) is 0 Å². The summed E-state index contributed by atoms with van der Waals surface area (Å²) in [5.41, 5.74) is 1.52. The van der Waals surface area contributed by atoms with Gasteiger partial charge in [0.05, 0.1) is 11.4 Å². The average Bonchev–Trinajstić information content (AvgIpc) is 3.03. The Morgan fingerprint density at radius 1 is 1.30 bits per heavy atom. The number of benzene rings is 1. The quantitative estimate of drug-likeness (QED) is 0.788. The lowest BCUT2D eigenvalue weighted by Crippen LogP contribution is -2.34. The molecule has 2 aromatic rings. The lowest BCUT2D eigenvalue weighted by molar-refractivity contribution is -0.117. The highest BCUT2D eigenvalue weighted by Gasteiger charge is 2.23. The molecule has 1 aliphatic rings. The number of carbonyl (C=O) groups is 2. The van der Waals surface area contributed by atoms with Crippen molar-refractivity contribution in [2.24, 2.45) is 0 Å². The van der Waals surface area contributed by atoms with Crippen molar-refractivity contribution >= 4 is 33.3 Å². The number of anilines is 2. The van der Waals surface area contributed by atoms with Crippen LogP contribution in [-0.4, -0.2) is 38.5 Å². The molecule has 0 bridgehead atoms. The zero-order chi connectivity index (χ0) is 19.6. The second-order valence-electron chi connectivity index (χ2n) is 6.26. The zero-order valence-electron chi connectivity index (χ0n) is 15.0. The Bertz CT molecular complexity index is 983. The molecule has 144 valence electrons. The number of aromatic nitrogens is 1. The van der Waals surface area contributed by atoms with Crippen LogP contribution >= 0.6 is 0 Å². The lowest BCUT2D eigenvalue weighted by Gasteiger charge is -2.28. The van der Waals surface area contributed by atoms with Crippen LogP contribution < -0.4 is 14.9 Å². The Balaban J connectivity index is 1.69. The highest BCUT2D eigenvalue weighted by atomic mass is 32.2. The first-order chi connectivity index (χ1) is 12.8. The van der Waals surface area contributed by atoms with Crippen LogP contribution in [0.4, 0.5) is 11.5 Å². The first-order valence-corrected chi connectivity index (χ1v) is 9.88. The fraction of sp³-hybridized carbons (Fsp3) is 0.353. The monoisotopic (exact) mass is 392 g/mol. The van der Waals surface area contributed by atoms with Crippen LogP contribution in [0.1, 0.15) is 24.7 Å². The average molecular weight is 392 g/mol. The van der Waals surface area contributed by atoms with Crippen LogP contribution in [0.2, 0.25) is 0 Å². The third kappa shape index (κ3) is 4.34. The summed E-state index contributed by atoms with van der Waals surface area (Å²) in [6.45, 7) is 3.34. The molecule has 0 radical (unpaired) electrons. The molecule has 0 saturated heterocycles. The summed E-state index contributed by atoms with van der Waals surface area (Å²) in [5.74, 6) is 0.103. The highest BCUT2D eigenvalue weighted by Crippen LogP contribution is 2.29. The van der Waals surface area contributed by atoms with E-state index in [9.17, 15) is 18.0 Å². The van der Waals surface area contributed by atoms with Gasteiger partial charge in [0.1, 0.15) is 5.76 Å². The van der Waals surface area contributed by atoms with E-state index in [-0.39, 0.29) is 16.6 Å². The number of hydrogen-bond donors (Lipinski definition) is 2. The minimum atomic E-state index is -3.87. The third-order valence-corrected chi connectivity index (χ3v) is 5.58. The van der Waals surface area contributed by atoms with Crippen molar-refractivity contribution in [1.82, 2.24) is 9.88 Å². The van der Waals surface area contributed by atoms with E-state index < -0.39 is 22.5 Å². The number of rotatable bonds is 5. The second-order valence-corrected chi connectivity index (χ2v) is 8.03. The zero-order valence-corrected chi connectivity index (χ0v) is 15.8. The minimum Gasteiger partial charge on any atom is -0.360 e. The van der Waals surface area contributed by atoms with Gasteiger partial charge in [-0.3, -0.25) is 9.59 Å². The molecule has 0 atom stereocenters. The van der Waals surface area contributed by atoms with Gasteiger partial charge >= 0.3 is 0 Å². The van der Waals surface area contributed by atoms with Crippen molar-refractivity contribution in [3.05, 3.63) is 35.6 Å². The fourth-order valence-electron chi connectivity index (χ4n) is 2.92. The van der Waals surface area contributed by atoms with Gasteiger partial charge in [-0.05, 0) is 43.5 Å². The van der Waals surface area contributed by atoms with Crippen LogP contribution in [0.5, 0.6) is 0 Å². The van der Waals surface area contributed by atoms with Gasteiger partial charge in [-0.15, -0.1) is 0 Å². The van der Waals surface area contributed by atoms with Crippen molar-refractivity contribution in [1.29, 1.82) is 0 Å². The van der Waals surface area contributed by atoms with E-state index in [1.807, 2.05) is 0 Å². The first-order valence-electron chi connectivity index (χ1n) is 8.40. The number of sulfonamides is 1. The molecule has 10 heteroatoms. The summed E-state index contributed by atoms with van der Waals surface area (Å²) < 4.78 is 32.1. The van der Waals surface area contributed by atoms with E-state index in [0.717, 1.165) is 17.7 Å². The maximum atomic E-state index is 12.5. The molecule has 0 spiro atoms. The standard InChI is InChI=1S/C17H20N4O5S/c1-11-8-16(20-26-11)19-17(23)10-18-27(24,25)14-5-6-15-13(9-14)4-3-7-21(15)12(2)22/h5-6,8-9,18H,3-4,7,10H2,1-2H3,(H,19,20,23). The van der Waals surface area contributed by atoms with Gasteiger partial charge in [0.2, 0.25) is 21.8 Å². The highest BCUT2D eigenvalue weighted by molar-refractivity contribution is 7.89. The molecular weight excluding hydrogens is 372 g/mol. The van der Waals surface area contributed by atoms with E-state index in [2.05, 4.69) is 15.2 Å². The van der Waals surface area contributed by atoms with Crippen LogP contribution in [0.15, 0.2) is 33.7 Å². The topological polar surface area (TPSA) is 122 Å². The number of nitrogens with one attached hydrogen (secondary N) is 2. The predicted octanol–water partition coefficient (Wildman–Crippen LogP) is 1.20. The molecule has 2 N–H and O–H groups in total. The number of carbonyl (C=O) groups excluding carboxylic acids is 2. The predicted molar refractivity (Wildman–Crippen MR) is 97.8 cm³/mol. The molecule has 1 aromatic heterocycles. The maximum absolute atomic E-state index is 12.5. The van der Waals surface area contributed by atoms with Crippen molar-refractivity contribution in [2.75, 3.05) is 23.3 Å². The number of hydrogen-bond acceptors (Lipinski definition) is 6. The van der Waals surface area contributed by atoms with Crippen LogP contribution in [-0.2, 0) is 26.0 Å². The van der Waals surface area contributed by atoms with Crippen molar-refractivity contribution in [3.63, 3.8) is 0 Å². The SMILES string of the molecule is CC(=O)N1CCCc2cc(S(=O)(=O)NCC(=O)Nc3cc(C)on3)ccc21. The molecule has 1 aromatic carbocycles. The van der Waals surface area contributed by atoms with Gasteiger partial charge in [0.25, 0.3) is 0 Å². The second kappa shape index (κ2) is 7.49. The Morgan fingerprint density at radius 2 is 2.07 bits per heavy atom. The maximum Gasteiger partial charge on any atom is 0.241 e. The Kier molecular flexibility index (Phi) is 5.29. The van der Waals surface area contributed by atoms with Gasteiger partial charge in [0.15, 0.2) is 5.82 Å². The van der Waals surface area contributed by atoms with Crippen molar-refractivity contribution in [3.8, 4) is 0 Å². The molecule has 0 unspecified atom stereocenters. The summed E-state index contributed by atoms with van der Waals surface area (Å²) in [5, 5.41) is 6.05. The number of amides is 2. The molecule has 9 nitrogen and oxygen atoms in total. The Labute approximate surface area is 156 Å². The molecule has 0 aliphatic carbocycles. The van der Waals surface area contributed by atoms with Gasteiger partial charge < -0.3 is 14.7 Å². The van der Waals surface area contributed by atoms with Gasteiger partial charge in [-0.1, -0.05) is 5.16 Å². The third-order valence-electron chi connectivity index (χ3n) is 4.18. The van der Waals surface area contributed by atoms with E-state index in [1.54, 1.807) is 24.0 Å². The number of nitrogens with zero attached hydrogens (tertiary/aromatic N) is 2. The number of fused-ring (bicyclic) bond motifs is 1. The molecule has 0 saturated carbocycles. The van der Waals surface area contributed by atoms with E-state index in [0.29, 0.717) is 18.7 Å². The molecule has 1 aliphatic heterocycles. The summed E-state index contributed by atoms with van der Waals surface area (Å²) in [6, 6.07) is 6.13. The largest absolute Gasteiger partial charge is 0.360 e. The van der Waals surface area contributed by atoms with Gasteiger partial charge in [-0.2, -0.15) is 0 Å². The Morgan fingerprint density at radius 3 is 2.74 bits per heavy atom. The van der Waals surface area contributed by atoms with Crippen LogP contribution in [0, 0.1) is 6.92 Å². The van der Waals surface area contributed by atoms with E-state index in [4.69, 9.17) is 4.52 Å². The summed E-state index contributed by atoms with van der Waals surface area (Å²) in [7, 11) is -3.87. The first kappa shape index (κ1) is 19.1. The summed E-state index contributed by atoms with van der Waals surface area (Å²) in [4.78, 5) is 25.3. The minimum absolute atomic E-state index is 0.0525. The summed E-state index contributed by atoms with van der Waals surface area (Å²) >= 11 is 0. The normalized spacial score (nSPS) is 13.9. The molecule has 2 heterocycles. The Hall–Kier alpha value is -2.72. The van der Waals surface area contributed by atoms with E-state index >= 15 is 0 Å². The number of aryl methyl sites for hydroxylation is 2. The van der Waals surface area contributed by atoms with Crippen LogP contribution in [0.3, 0.4) is 0 Å². The van der Waals surface area contributed by atoms with E-state index in [1.165, 1.54) is 19.1 Å². The summed E-state index contributed by atoms with van der Waals surface area (Å²) in [6.07, 6.45) is 1.46. The smallest absolute Gasteiger partial charge is 0.241 e. The van der Waals surface area contributed by atoms with Gasteiger partial charge in [0, 0.05) is 25.2 Å². The molecule has 27 heavy (non-hydrogen) atoms. The van der Waals surface area contributed by atoms with Gasteiger partial charge in [-0.25, -0.2) is 13.1 Å². The fourth-order valence-corrected chi connectivity index (χ4v) is 3.96. The van der Waals surface area contributed by atoms with Crippen molar-refractivity contribution in [2.45, 2.75) is 31.6 Å². The molecule has 2 amide bonds. The molecule has 3 rings (SSSR count). The molecular formula is C17H20N4O5S. The lowest BCUT2D eigenvalue weighted by atomic mass is 10.0.